The number of anilines is 1. The first kappa shape index (κ1) is 14.1. The molecule has 0 aliphatic rings. The summed E-state index contributed by atoms with van der Waals surface area (Å²) < 4.78 is 0. The Balaban J connectivity index is 2.04. The predicted octanol–water partition coefficient (Wildman–Crippen LogP) is 2.62. The van der Waals surface area contributed by atoms with Gasteiger partial charge in [0.1, 0.15) is 5.82 Å². The van der Waals surface area contributed by atoms with Gasteiger partial charge in [-0.2, -0.15) is 0 Å². The molecule has 1 aromatic carbocycles. The van der Waals surface area contributed by atoms with Gasteiger partial charge in [-0.15, -0.1) is 0 Å². The number of pyridine rings is 1. The van der Waals surface area contributed by atoms with Crippen molar-refractivity contribution in [1.82, 2.24) is 10.3 Å². The topological polar surface area (TPSA) is 54.0 Å². The lowest BCUT2D eigenvalue weighted by Gasteiger charge is -2.09. The molecule has 2 N–H and O–H groups in total. The standard InChI is InChI=1S/C16H19N3O/c1-3-12-6-4-5-7-14(12)11-19-16(20)13-8-9-18-15(10-13)17-2/h4-10H,3,11H2,1-2H3,(H,17,18)(H,19,20). The van der Waals surface area contributed by atoms with E-state index in [-0.39, 0.29) is 5.91 Å². The van der Waals surface area contributed by atoms with Crippen LogP contribution in [0.3, 0.4) is 0 Å². The number of aromatic nitrogens is 1. The van der Waals surface area contributed by atoms with E-state index < -0.39 is 0 Å². The number of aryl methyl sites for hydroxylation is 1. The zero-order valence-electron chi connectivity index (χ0n) is 11.8. The van der Waals surface area contributed by atoms with Gasteiger partial charge in [-0.3, -0.25) is 4.79 Å². The SMILES string of the molecule is CCc1ccccc1CNC(=O)c1ccnc(NC)c1. The summed E-state index contributed by atoms with van der Waals surface area (Å²) >= 11 is 0. The first-order valence-electron chi connectivity index (χ1n) is 6.73. The third kappa shape index (κ3) is 3.35. The number of carbonyl (C=O) groups excluding carboxylic acids is 1. The second-order valence-electron chi connectivity index (χ2n) is 4.48. The molecule has 0 spiro atoms. The quantitative estimate of drug-likeness (QED) is 0.877. The Bertz CT molecular complexity index is 596. The zero-order chi connectivity index (χ0) is 14.4. The molecular formula is C16H19N3O. The van der Waals surface area contributed by atoms with Crippen molar-refractivity contribution in [2.45, 2.75) is 19.9 Å². The fourth-order valence-corrected chi connectivity index (χ4v) is 2.06. The van der Waals surface area contributed by atoms with Crippen LogP contribution in [0.5, 0.6) is 0 Å². The Hall–Kier alpha value is -2.36. The van der Waals surface area contributed by atoms with Crippen molar-refractivity contribution in [1.29, 1.82) is 0 Å². The monoisotopic (exact) mass is 269 g/mol. The molecular weight excluding hydrogens is 250 g/mol. The van der Waals surface area contributed by atoms with Crippen molar-refractivity contribution in [3.63, 3.8) is 0 Å². The van der Waals surface area contributed by atoms with E-state index in [0.717, 1.165) is 12.0 Å². The van der Waals surface area contributed by atoms with Crippen LogP contribution < -0.4 is 10.6 Å². The van der Waals surface area contributed by atoms with Gasteiger partial charge in [-0.25, -0.2) is 4.98 Å². The molecule has 0 fully saturated rings. The molecule has 0 saturated heterocycles. The van der Waals surface area contributed by atoms with Gasteiger partial charge < -0.3 is 10.6 Å². The number of benzene rings is 1. The van der Waals surface area contributed by atoms with Crippen LogP contribution in [0.1, 0.15) is 28.4 Å². The van der Waals surface area contributed by atoms with Crippen molar-refractivity contribution < 1.29 is 4.79 Å². The highest BCUT2D eigenvalue weighted by Crippen LogP contribution is 2.10. The number of nitrogens with zero attached hydrogens (tertiary/aromatic N) is 1. The number of hydrogen-bond acceptors (Lipinski definition) is 3. The van der Waals surface area contributed by atoms with Gasteiger partial charge in [0.15, 0.2) is 0 Å². The molecule has 1 heterocycles. The largest absolute Gasteiger partial charge is 0.373 e. The van der Waals surface area contributed by atoms with Gasteiger partial charge in [0.25, 0.3) is 5.91 Å². The van der Waals surface area contributed by atoms with Crippen LogP contribution >= 0.6 is 0 Å². The molecule has 0 atom stereocenters. The molecule has 0 bridgehead atoms. The molecule has 0 aliphatic carbocycles. The zero-order valence-corrected chi connectivity index (χ0v) is 11.8. The fraction of sp³-hybridized carbons (Fsp3) is 0.250. The van der Waals surface area contributed by atoms with Gasteiger partial charge in [-0.1, -0.05) is 31.2 Å². The van der Waals surface area contributed by atoms with Crippen LogP contribution in [-0.2, 0) is 13.0 Å². The van der Waals surface area contributed by atoms with Crippen LogP contribution in [0, 0.1) is 0 Å². The second-order valence-corrected chi connectivity index (χ2v) is 4.48. The van der Waals surface area contributed by atoms with E-state index in [1.165, 1.54) is 5.56 Å². The first-order valence-corrected chi connectivity index (χ1v) is 6.73. The van der Waals surface area contributed by atoms with Gasteiger partial charge >= 0.3 is 0 Å². The second kappa shape index (κ2) is 6.70. The lowest BCUT2D eigenvalue weighted by Crippen LogP contribution is -2.23. The van der Waals surface area contributed by atoms with Crippen molar-refractivity contribution in [2.24, 2.45) is 0 Å². The molecule has 2 rings (SSSR count). The van der Waals surface area contributed by atoms with E-state index in [2.05, 4.69) is 28.6 Å². The van der Waals surface area contributed by atoms with Crippen LogP contribution in [0.4, 0.5) is 5.82 Å². The summed E-state index contributed by atoms with van der Waals surface area (Å²) in [6, 6.07) is 11.6. The Kier molecular flexibility index (Phi) is 4.71. The van der Waals surface area contributed by atoms with E-state index in [1.54, 1.807) is 25.4 Å². The molecule has 0 saturated carbocycles. The summed E-state index contributed by atoms with van der Waals surface area (Å²) in [7, 11) is 1.78. The Morgan fingerprint density at radius 3 is 2.65 bits per heavy atom. The van der Waals surface area contributed by atoms with Crippen LogP contribution in [0.25, 0.3) is 0 Å². The fourth-order valence-electron chi connectivity index (χ4n) is 2.06. The molecule has 0 radical (unpaired) electrons. The summed E-state index contributed by atoms with van der Waals surface area (Å²) in [6.45, 7) is 2.66. The van der Waals surface area contributed by atoms with E-state index in [4.69, 9.17) is 0 Å². The lowest BCUT2D eigenvalue weighted by molar-refractivity contribution is 0.0951. The van der Waals surface area contributed by atoms with E-state index >= 15 is 0 Å². The summed E-state index contributed by atoms with van der Waals surface area (Å²) in [5, 5.41) is 5.87. The van der Waals surface area contributed by atoms with Gasteiger partial charge in [0.2, 0.25) is 0 Å². The Morgan fingerprint density at radius 1 is 1.20 bits per heavy atom. The highest BCUT2D eigenvalue weighted by Gasteiger charge is 2.07. The Labute approximate surface area is 119 Å². The van der Waals surface area contributed by atoms with Gasteiger partial charge in [-0.05, 0) is 29.7 Å². The number of rotatable bonds is 5. The maximum absolute atomic E-state index is 12.1. The van der Waals surface area contributed by atoms with E-state index in [0.29, 0.717) is 17.9 Å². The first-order chi connectivity index (χ1) is 9.74. The number of carbonyl (C=O) groups is 1. The molecule has 4 nitrogen and oxygen atoms in total. The van der Waals surface area contributed by atoms with Crippen molar-refractivity contribution in [2.75, 3.05) is 12.4 Å². The minimum Gasteiger partial charge on any atom is -0.373 e. The number of amides is 1. The number of hydrogen-bond donors (Lipinski definition) is 2. The van der Waals surface area contributed by atoms with Gasteiger partial charge in [0.05, 0.1) is 0 Å². The van der Waals surface area contributed by atoms with E-state index in [1.807, 2.05) is 18.2 Å². The summed E-state index contributed by atoms with van der Waals surface area (Å²) in [5.41, 5.74) is 3.03. The Morgan fingerprint density at radius 2 is 1.95 bits per heavy atom. The molecule has 104 valence electrons. The predicted molar refractivity (Wildman–Crippen MR) is 80.8 cm³/mol. The van der Waals surface area contributed by atoms with Crippen LogP contribution in [-0.4, -0.2) is 17.9 Å². The third-order valence-electron chi connectivity index (χ3n) is 3.22. The molecule has 2 aromatic rings. The highest BCUT2D eigenvalue weighted by atomic mass is 16.1. The molecule has 0 unspecified atom stereocenters. The minimum absolute atomic E-state index is 0.0881. The molecule has 20 heavy (non-hydrogen) atoms. The van der Waals surface area contributed by atoms with Crippen LogP contribution in [0.15, 0.2) is 42.6 Å². The summed E-state index contributed by atoms with van der Waals surface area (Å²) in [6.07, 6.45) is 2.59. The summed E-state index contributed by atoms with van der Waals surface area (Å²) in [5.74, 6) is 0.599. The average molecular weight is 269 g/mol. The van der Waals surface area contributed by atoms with Crippen molar-refractivity contribution in [3.8, 4) is 0 Å². The normalized spacial score (nSPS) is 10.1. The minimum atomic E-state index is -0.0881. The molecule has 1 aromatic heterocycles. The van der Waals surface area contributed by atoms with Gasteiger partial charge in [0, 0.05) is 25.4 Å². The number of nitrogens with one attached hydrogen (secondary N) is 2. The maximum atomic E-state index is 12.1. The average Bonchev–Trinajstić information content (AvgIpc) is 2.52. The van der Waals surface area contributed by atoms with Crippen molar-refractivity contribution >= 4 is 11.7 Å². The lowest BCUT2D eigenvalue weighted by atomic mass is 10.1. The maximum Gasteiger partial charge on any atom is 0.251 e. The summed E-state index contributed by atoms with van der Waals surface area (Å²) in [4.78, 5) is 16.2. The smallest absolute Gasteiger partial charge is 0.251 e. The third-order valence-corrected chi connectivity index (χ3v) is 3.22. The van der Waals surface area contributed by atoms with Crippen LogP contribution in [0.2, 0.25) is 0 Å². The van der Waals surface area contributed by atoms with E-state index in [9.17, 15) is 4.79 Å². The molecule has 0 aliphatic heterocycles. The van der Waals surface area contributed by atoms with Crippen molar-refractivity contribution in [3.05, 3.63) is 59.3 Å². The molecule has 1 amide bonds. The highest BCUT2D eigenvalue weighted by molar-refractivity contribution is 5.94. The molecule has 4 heteroatoms.